The van der Waals surface area contributed by atoms with Crippen LogP contribution in [-0.2, 0) is 20.8 Å². The Morgan fingerprint density at radius 3 is 2.57 bits per heavy atom. The molecule has 1 heterocycles. The summed E-state index contributed by atoms with van der Waals surface area (Å²) in [7, 11) is 0. The zero-order valence-corrected chi connectivity index (χ0v) is 12.1. The van der Waals surface area contributed by atoms with Gasteiger partial charge in [-0.25, -0.2) is 4.79 Å². The van der Waals surface area contributed by atoms with Crippen molar-refractivity contribution in [3.05, 3.63) is 30.0 Å². The molecule has 0 aliphatic heterocycles. The predicted octanol–water partition coefficient (Wildman–Crippen LogP) is 0.850. The second-order valence-electron chi connectivity index (χ2n) is 5.10. The fourth-order valence-corrected chi connectivity index (χ4v) is 2.24. The van der Waals surface area contributed by atoms with Crippen molar-refractivity contribution in [1.82, 2.24) is 10.3 Å². The van der Waals surface area contributed by atoms with Gasteiger partial charge in [0.1, 0.15) is 11.8 Å². The highest BCUT2D eigenvalue weighted by molar-refractivity contribution is 5.88. The van der Waals surface area contributed by atoms with Crippen LogP contribution in [-0.4, -0.2) is 44.2 Å². The lowest BCUT2D eigenvalue weighted by molar-refractivity contribution is -0.142. The van der Waals surface area contributed by atoms with Crippen LogP contribution >= 0.6 is 0 Å². The number of phenolic OH excluding ortho intramolecular Hbond substituents is 1. The number of carbonyl (C=O) groups is 3. The van der Waals surface area contributed by atoms with Gasteiger partial charge in [0.2, 0.25) is 5.91 Å². The minimum absolute atomic E-state index is 0.0115. The molecule has 0 aliphatic carbocycles. The van der Waals surface area contributed by atoms with Gasteiger partial charge >= 0.3 is 11.9 Å². The molecule has 8 heteroatoms. The number of carboxylic acid groups (broad SMARTS) is 2. The molecule has 1 unspecified atom stereocenters. The first kappa shape index (κ1) is 16.3. The Morgan fingerprint density at radius 2 is 1.91 bits per heavy atom. The van der Waals surface area contributed by atoms with Crippen molar-refractivity contribution in [2.45, 2.75) is 25.3 Å². The largest absolute Gasteiger partial charge is 0.508 e. The summed E-state index contributed by atoms with van der Waals surface area (Å²) in [5.74, 6) is -2.93. The van der Waals surface area contributed by atoms with Crippen molar-refractivity contribution in [3.8, 4) is 5.75 Å². The van der Waals surface area contributed by atoms with Crippen molar-refractivity contribution in [2.24, 2.45) is 0 Å². The normalized spacial score (nSPS) is 12.0. The lowest BCUT2D eigenvalue weighted by Gasteiger charge is -2.14. The molecule has 23 heavy (non-hydrogen) atoms. The minimum Gasteiger partial charge on any atom is -0.508 e. The Labute approximate surface area is 130 Å². The highest BCUT2D eigenvalue weighted by atomic mass is 16.4. The number of aromatic nitrogens is 1. The number of aromatic hydroxyl groups is 1. The van der Waals surface area contributed by atoms with Gasteiger partial charge in [0, 0.05) is 29.9 Å². The summed E-state index contributed by atoms with van der Waals surface area (Å²) in [5.41, 5.74) is 1.36. The van der Waals surface area contributed by atoms with E-state index < -0.39 is 23.9 Å². The third kappa shape index (κ3) is 4.22. The lowest BCUT2D eigenvalue weighted by atomic mass is 10.0. The number of fused-ring (bicyclic) bond motifs is 1. The van der Waals surface area contributed by atoms with E-state index in [0.29, 0.717) is 10.9 Å². The van der Waals surface area contributed by atoms with Gasteiger partial charge in [-0.2, -0.15) is 0 Å². The topological polar surface area (TPSA) is 140 Å². The molecule has 1 atom stereocenters. The molecule has 1 aromatic carbocycles. The molecule has 2 aromatic rings. The first-order valence-corrected chi connectivity index (χ1v) is 6.89. The van der Waals surface area contributed by atoms with Crippen molar-refractivity contribution in [1.29, 1.82) is 0 Å². The number of phenols is 1. The molecule has 0 radical (unpaired) electrons. The van der Waals surface area contributed by atoms with Crippen LogP contribution in [0.1, 0.15) is 18.4 Å². The van der Waals surface area contributed by atoms with E-state index in [0.717, 1.165) is 5.52 Å². The molecule has 0 saturated carbocycles. The van der Waals surface area contributed by atoms with Gasteiger partial charge < -0.3 is 25.6 Å². The van der Waals surface area contributed by atoms with Crippen LogP contribution in [0.3, 0.4) is 0 Å². The summed E-state index contributed by atoms with van der Waals surface area (Å²) in [6.45, 7) is 0. The third-order valence-corrected chi connectivity index (χ3v) is 3.37. The number of rotatable bonds is 7. The van der Waals surface area contributed by atoms with Gasteiger partial charge in [-0.05, 0) is 23.8 Å². The van der Waals surface area contributed by atoms with Crippen LogP contribution < -0.4 is 5.32 Å². The third-order valence-electron chi connectivity index (χ3n) is 3.37. The molecule has 122 valence electrons. The number of nitrogens with one attached hydrogen (secondary N) is 2. The second kappa shape index (κ2) is 6.82. The Kier molecular flexibility index (Phi) is 4.85. The van der Waals surface area contributed by atoms with Crippen molar-refractivity contribution in [2.75, 3.05) is 0 Å². The molecule has 0 aliphatic rings. The number of carbonyl (C=O) groups excluding carboxylic acids is 1. The first-order valence-electron chi connectivity index (χ1n) is 6.89. The number of H-pyrrole nitrogens is 1. The van der Waals surface area contributed by atoms with Crippen LogP contribution in [0.15, 0.2) is 24.4 Å². The Morgan fingerprint density at radius 1 is 1.17 bits per heavy atom. The summed E-state index contributed by atoms with van der Waals surface area (Å²) >= 11 is 0. The predicted molar refractivity (Wildman–Crippen MR) is 80.1 cm³/mol. The molecule has 5 N–H and O–H groups in total. The van der Waals surface area contributed by atoms with Gasteiger partial charge in [-0.1, -0.05) is 0 Å². The standard InChI is InChI=1S/C15H16N2O6/c18-9-1-2-11-10(6-9)8(7-16-11)5-12(15(22)23)17-13(19)3-4-14(20)21/h1-2,6-7,12,16,18H,3-5H2,(H,17,19)(H,20,21)(H,22,23). The molecule has 0 bridgehead atoms. The van der Waals surface area contributed by atoms with Crippen LogP contribution in [0.2, 0.25) is 0 Å². The maximum Gasteiger partial charge on any atom is 0.326 e. The molecular weight excluding hydrogens is 304 g/mol. The maximum atomic E-state index is 11.6. The molecule has 1 aromatic heterocycles. The van der Waals surface area contributed by atoms with E-state index in [1.165, 1.54) is 12.1 Å². The molecule has 0 saturated heterocycles. The van der Waals surface area contributed by atoms with Crippen molar-refractivity contribution >= 4 is 28.7 Å². The molecule has 0 spiro atoms. The Balaban J connectivity index is 2.12. The van der Waals surface area contributed by atoms with Crippen molar-refractivity contribution in [3.63, 3.8) is 0 Å². The monoisotopic (exact) mass is 320 g/mol. The number of hydrogen-bond acceptors (Lipinski definition) is 4. The van der Waals surface area contributed by atoms with Crippen molar-refractivity contribution < 1.29 is 29.7 Å². The molecular formula is C15H16N2O6. The minimum atomic E-state index is -1.22. The van der Waals surface area contributed by atoms with E-state index in [4.69, 9.17) is 5.11 Å². The van der Waals surface area contributed by atoms with Crippen LogP contribution in [0.25, 0.3) is 10.9 Å². The van der Waals surface area contributed by atoms with E-state index in [9.17, 15) is 24.6 Å². The number of benzene rings is 1. The number of aliphatic carboxylic acids is 2. The second-order valence-corrected chi connectivity index (χ2v) is 5.10. The fourth-order valence-electron chi connectivity index (χ4n) is 2.24. The smallest absolute Gasteiger partial charge is 0.326 e. The summed E-state index contributed by atoms with van der Waals surface area (Å²) in [6.07, 6.45) is 0.980. The number of hydrogen-bond donors (Lipinski definition) is 5. The highest BCUT2D eigenvalue weighted by Crippen LogP contribution is 2.23. The maximum absolute atomic E-state index is 11.6. The first-order chi connectivity index (χ1) is 10.9. The van der Waals surface area contributed by atoms with Crippen LogP contribution in [0.4, 0.5) is 0 Å². The molecule has 2 rings (SSSR count). The van der Waals surface area contributed by atoms with Gasteiger partial charge in [-0.3, -0.25) is 9.59 Å². The van der Waals surface area contributed by atoms with Crippen LogP contribution in [0, 0.1) is 0 Å². The fraction of sp³-hybridized carbons (Fsp3) is 0.267. The summed E-state index contributed by atoms with van der Waals surface area (Å²) < 4.78 is 0. The SMILES string of the molecule is O=C(O)CCC(=O)NC(Cc1c[nH]c2ccc(O)cc12)C(=O)O. The number of carboxylic acids is 2. The van der Waals surface area contributed by atoms with E-state index in [1.54, 1.807) is 12.3 Å². The lowest BCUT2D eigenvalue weighted by Crippen LogP contribution is -2.42. The summed E-state index contributed by atoms with van der Waals surface area (Å²) in [5, 5.41) is 30.3. The summed E-state index contributed by atoms with van der Waals surface area (Å²) in [6, 6.07) is 3.49. The molecule has 0 fully saturated rings. The van der Waals surface area contributed by atoms with E-state index in [2.05, 4.69) is 10.3 Å². The highest BCUT2D eigenvalue weighted by Gasteiger charge is 2.22. The van der Waals surface area contributed by atoms with Crippen LogP contribution in [0.5, 0.6) is 5.75 Å². The summed E-state index contributed by atoms with van der Waals surface area (Å²) in [4.78, 5) is 36.3. The average Bonchev–Trinajstić information content (AvgIpc) is 2.86. The zero-order chi connectivity index (χ0) is 17.0. The Bertz CT molecular complexity index is 752. The molecule has 8 nitrogen and oxygen atoms in total. The van der Waals surface area contributed by atoms with Gasteiger partial charge in [0.25, 0.3) is 0 Å². The van der Waals surface area contributed by atoms with Gasteiger partial charge in [-0.15, -0.1) is 0 Å². The van der Waals surface area contributed by atoms with E-state index in [-0.39, 0.29) is 25.0 Å². The average molecular weight is 320 g/mol. The molecule has 1 amide bonds. The zero-order valence-electron chi connectivity index (χ0n) is 12.1. The van der Waals surface area contributed by atoms with E-state index in [1.807, 2.05) is 0 Å². The number of amides is 1. The van der Waals surface area contributed by atoms with E-state index >= 15 is 0 Å². The quantitative estimate of drug-likeness (QED) is 0.512. The Hall–Kier alpha value is -3.03. The van der Waals surface area contributed by atoms with Gasteiger partial charge in [0.05, 0.1) is 6.42 Å². The van der Waals surface area contributed by atoms with Gasteiger partial charge in [0.15, 0.2) is 0 Å². The number of aromatic amines is 1.